The molecule has 0 aromatic carbocycles. The Kier molecular flexibility index (Phi) is 7.88. The molecule has 0 aromatic rings. The van der Waals surface area contributed by atoms with Gasteiger partial charge in [0, 0.05) is 12.3 Å². The van der Waals surface area contributed by atoms with Gasteiger partial charge < -0.3 is 9.84 Å². The number of ketones is 1. The maximum atomic E-state index is 12.7. The summed E-state index contributed by atoms with van der Waals surface area (Å²) in [5.74, 6) is -0.225. The molecule has 3 atom stereocenters. The molecule has 0 saturated heterocycles. The van der Waals surface area contributed by atoms with Crippen LogP contribution in [0, 0.1) is 17.3 Å². The molecule has 0 radical (unpaired) electrons. The zero-order valence-corrected chi connectivity index (χ0v) is 15.7. The van der Waals surface area contributed by atoms with Crippen LogP contribution in [0.4, 0.5) is 0 Å². The lowest BCUT2D eigenvalue weighted by Crippen LogP contribution is -2.42. The van der Waals surface area contributed by atoms with Crippen LogP contribution < -0.4 is 0 Å². The summed E-state index contributed by atoms with van der Waals surface area (Å²) in [5.41, 5.74) is 0.178. The quantitative estimate of drug-likeness (QED) is 0.683. The van der Waals surface area contributed by atoms with E-state index in [0.29, 0.717) is 12.3 Å². The molecule has 24 heavy (non-hydrogen) atoms. The van der Waals surface area contributed by atoms with Crippen LogP contribution in [0.15, 0.2) is 23.8 Å². The zero-order chi connectivity index (χ0) is 18.3. The first-order chi connectivity index (χ1) is 11.1. The minimum Gasteiger partial charge on any atom is -0.465 e. The highest BCUT2D eigenvalue weighted by Crippen LogP contribution is 2.31. The second-order valence-electron chi connectivity index (χ2n) is 7.64. The van der Waals surface area contributed by atoms with Crippen LogP contribution in [-0.4, -0.2) is 29.6 Å². The predicted octanol–water partition coefficient (Wildman–Crippen LogP) is 3.83. The van der Waals surface area contributed by atoms with Gasteiger partial charge in [0.2, 0.25) is 0 Å². The third kappa shape index (κ3) is 6.23. The van der Waals surface area contributed by atoms with Crippen molar-refractivity contribution in [1.82, 2.24) is 0 Å². The Morgan fingerprint density at radius 1 is 1.25 bits per heavy atom. The van der Waals surface area contributed by atoms with E-state index in [2.05, 4.69) is 19.1 Å². The molecule has 136 valence electrons. The Morgan fingerprint density at radius 3 is 2.58 bits per heavy atom. The second-order valence-corrected chi connectivity index (χ2v) is 7.64. The molecular weight excluding hydrogens is 304 g/mol. The fourth-order valence-corrected chi connectivity index (χ4v) is 3.09. The SMILES string of the molecule is CC1=C/CCOC(=O)CC(O)C(C)(C)C(=O)C(C)CC(C)C\C=C\1. The van der Waals surface area contributed by atoms with E-state index in [0.717, 1.165) is 18.4 Å². The number of aliphatic hydroxyl groups excluding tert-OH is 1. The minimum atomic E-state index is -1.03. The maximum Gasteiger partial charge on any atom is 0.308 e. The lowest BCUT2D eigenvalue weighted by Gasteiger charge is -2.32. The summed E-state index contributed by atoms with van der Waals surface area (Å²) in [5, 5.41) is 10.4. The van der Waals surface area contributed by atoms with Crippen molar-refractivity contribution in [3.8, 4) is 0 Å². The maximum absolute atomic E-state index is 12.7. The van der Waals surface area contributed by atoms with Gasteiger partial charge in [-0.15, -0.1) is 0 Å². The van der Waals surface area contributed by atoms with Crippen LogP contribution in [0.5, 0.6) is 0 Å². The lowest BCUT2D eigenvalue weighted by molar-refractivity contribution is -0.150. The number of cyclic esters (lactones) is 1. The number of hydrogen-bond donors (Lipinski definition) is 1. The topological polar surface area (TPSA) is 63.6 Å². The first-order valence-electron chi connectivity index (χ1n) is 8.86. The van der Waals surface area contributed by atoms with Crippen LogP contribution in [0.3, 0.4) is 0 Å². The van der Waals surface area contributed by atoms with Crippen LogP contribution in [0.2, 0.25) is 0 Å². The van der Waals surface area contributed by atoms with Crippen molar-refractivity contribution in [3.63, 3.8) is 0 Å². The highest BCUT2D eigenvalue weighted by Gasteiger charge is 2.39. The Hall–Kier alpha value is -1.42. The molecule has 4 nitrogen and oxygen atoms in total. The molecule has 1 rings (SSSR count). The highest BCUT2D eigenvalue weighted by molar-refractivity contribution is 5.87. The monoisotopic (exact) mass is 336 g/mol. The van der Waals surface area contributed by atoms with Gasteiger partial charge in [0.1, 0.15) is 5.78 Å². The van der Waals surface area contributed by atoms with E-state index in [-0.39, 0.29) is 24.7 Å². The molecule has 1 N–H and O–H groups in total. The Labute approximate surface area is 146 Å². The molecule has 1 aliphatic heterocycles. The van der Waals surface area contributed by atoms with Crippen molar-refractivity contribution in [3.05, 3.63) is 23.8 Å². The van der Waals surface area contributed by atoms with Gasteiger partial charge in [-0.05, 0) is 25.7 Å². The number of hydrogen-bond acceptors (Lipinski definition) is 4. The summed E-state index contributed by atoms with van der Waals surface area (Å²) in [4.78, 5) is 24.6. The normalized spacial score (nSPS) is 34.1. The van der Waals surface area contributed by atoms with Crippen molar-refractivity contribution in [1.29, 1.82) is 0 Å². The number of ether oxygens (including phenoxy) is 1. The fraction of sp³-hybridized carbons (Fsp3) is 0.700. The van der Waals surface area contributed by atoms with E-state index < -0.39 is 17.5 Å². The van der Waals surface area contributed by atoms with E-state index in [1.807, 2.05) is 19.9 Å². The average Bonchev–Trinajstić information content (AvgIpc) is 2.49. The smallest absolute Gasteiger partial charge is 0.308 e. The van der Waals surface area contributed by atoms with E-state index >= 15 is 0 Å². The van der Waals surface area contributed by atoms with Gasteiger partial charge in [0.05, 0.1) is 24.5 Å². The minimum absolute atomic E-state index is 0.00167. The molecule has 0 aromatic heterocycles. The Balaban J connectivity index is 2.93. The van der Waals surface area contributed by atoms with E-state index in [4.69, 9.17) is 4.74 Å². The number of rotatable bonds is 0. The molecule has 0 spiro atoms. The van der Waals surface area contributed by atoms with Crippen LogP contribution in [0.25, 0.3) is 0 Å². The third-order valence-corrected chi connectivity index (χ3v) is 4.80. The number of esters is 1. The lowest BCUT2D eigenvalue weighted by atomic mass is 9.74. The number of carbonyl (C=O) groups is 2. The van der Waals surface area contributed by atoms with Gasteiger partial charge in [0.15, 0.2) is 0 Å². The molecule has 0 saturated carbocycles. The molecular formula is C20H32O4. The molecule has 0 aliphatic carbocycles. The van der Waals surface area contributed by atoms with Crippen molar-refractivity contribution in [2.24, 2.45) is 17.3 Å². The standard InChI is InChI=1S/C20H32O4/c1-14-8-6-9-15(2)12-16(3)19(23)20(4,5)17(21)13-18(22)24-11-7-10-14/h6,8,10,15-17,21H,7,9,11-13H2,1-5H3/b8-6+,14-10-. The Bertz CT molecular complexity index is 502. The summed E-state index contributed by atoms with van der Waals surface area (Å²) in [6.07, 6.45) is 7.40. The fourth-order valence-electron chi connectivity index (χ4n) is 3.09. The molecule has 4 heteroatoms. The first kappa shape index (κ1) is 20.6. The Morgan fingerprint density at radius 2 is 1.92 bits per heavy atom. The van der Waals surface area contributed by atoms with Crippen molar-refractivity contribution in [2.75, 3.05) is 6.61 Å². The van der Waals surface area contributed by atoms with Crippen molar-refractivity contribution in [2.45, 2.75) is 66.4 Å². The van der Waals surface area contributed by atoms with E-state index in [1.165, 1.54) is 0 Å². The number of allylic oxidation sites excluding steroid dienone is 3. The third-order valence-electron chi connectivity index (χ3n) is 4.80. The van der Waals surface area contributed by atoms with Gasteiger partial charge in [0.25, 0.3) is 0 Å². The van der Waals surface area contributed by atoms with Crippen LogP contribution >= 0.6 is 0 Å². The summed E-state index contributed by atoms with van der Waals surface area (Å²) >= 11 is 0. The number of aliphatic hydroxyl groups is 1. The molecule has 0 bridgehead atoms. The number of Topliss-reactive ketones (excluding diaryl/α,β-unsaturated/α-hetero) is 1. The largest absolute Gasteiger partial charge is 0.465 e. The highest BCUT2D eigenvalue weighted by atomic mass is 16.5. The predicted molar refractivity (Wildman–Crippen MR) is 95.4 cm³/mol. The zero-order valence-electron chi connectivity index (χ0n) is 15.7. The summed E-state index contributed by atoms with van der Waals surface area (Å²) in [7, 11) is 0. The van der Waals surface area contributed by atoms with Crippen LogP contribution in [0.1, 0.15) is 60.3 Å². The van der Waals surface area contributed by atoms with Gasteiger partial charge in [-0.1, -0.05) is 51.5 Å². The van der Waals surface area contributed by atoms with Crippen molar-refractivity contribution >= 4 is 11.8 Å². The molecule has 3 unspecified atom stereocenters. The number of carbonyl (C=O) groups excluding carboxylic acids is 2. The summed E-state index contributed by atoms with van der Waals surface area (Å²) in [6, 6.07) is 0. The van der Waals surface area contributed by atoms with Gasteiger partial charge in [-0.25, -0.2) is 0 Å². The molecule has 1 heterocycles. The molecule has 0 amide bonds. The van der Waals surface area contributed by atoms with E-state index in [1.54, 1.807) is 13.8 Å². The molecule has 1 aliphatic rings. The molecule has 0 fully saturated rings. The van der Waals surface area contributed by atoms with Gasteiger partial charge in [-0.3, -0.25) is 9.59 Å². The van der Waals surface area contributed by atoms with Crippen LogP contribution in [-0.2, 0) is 14.3 Å². The summed E-state index contributed by atoms with van der Waals surface area (Å²) < 4.78 is 5.16. The van der Waals surface area contributed by atoms with Gasteiger partial charge >= 0.3 is 5.97 Å². The van der Waals surface area contributed by atoms with Gasteiger partial charge in [-0.2, -0.15) is 0 Å². The average molecular weight is 336 g/mol. The summed E-state index contributed by atoms with van der Waals surface area (Å²) in [6.45, 7) is 9.77. The van der Waals surface area contributed by atoms with Crippen molar-refractivity contribution < 1.29 is 19.4 Å². The van der Waals surface area contributed by atoms with E-state index in [9.17, 15) is 14.7 Å². The second kappa shape index (κ2) is 9.16. The first-order valence-corrected chi connectivity index (χ1v) is 8.86.